The summed E-state index contributed by atoms with van der Waals surface area (Å²) in [6, 6.07) is 19.6. The van der Waals surface area contributed by atoms with E-state index in [9.17, 15) is 18.7 Å². The van der Waals surface area contributed by atoms with E-state index < -0.39 is 12.0 Å². The third-order valence-corrected chi connectivity index (χ3v) is 6.90. The van der Waals surface area contributed by atoms with Crippen molar-refractivity contribution < 1.29 is 18.7 Å². The Bertz CT molecular complexity index is 1280. The fourth-order valence-electron chi connectivity index (χ4n) is 5.27. The van der Waals surface area contributed by atoms with E-state index in [1.54, 1.807) is 24.3 Å². The molecule has 35 heavy (non-hydrogen) atoms. The second-order valence-corrected chi connectivity index (χ2v) is 9.03. The van der Waals surface area contributed by atoms with Crippen LogP contribution >= 0.6 is 0 Å². The molecule has 1 aromatic heterocycles. The van der Waals surface area contributed by atoms with Gasteiger partial charge in [-0.1, -0.05) is 42.5 Å². The van der Waals surface area contributed by atoms with Crippen LogP contribution in [0.4, 0.5) is 8.78 Å². The van der Waals surface area contributed by atoms with E-state index in [0.29, 0.717) is 26.2 Å². The molecule has 2 N–H and O–H groups in total. The van der Waals surface area contributed by atoms with E-state index >= 15 is 0 Å². The van der Waals surface area contributed by atoms with Crippen molar-refractivity contribution in [1.82, 2.24) is 14.8 Å². The topological polar surface area (TPSA) is 59.6 Å². The number of fused-ring (bicyclic) bond motifs is 1. The van der Waals surface area contributed by atoms with E-state index in [-0.39, 0.29) is 17.7 Å². The SMILES string of the molecule is Cc1[nH]c2ccccc2c1[C@@H](C(=O)O)N1CCN(C(c2ccc(F)cc2)c2ccc(F)cc2)CC1. The molecule has 0 spiro atoms. The number of carbonyl (C=O) groups is 1. The zero-order valence-electron chi connectivity index (χ0n) is 19.4. The number of carboxylic acid groups (broad SMARTS) is 1. The van der Waals surface area contributed by atoms with E-state index in [1.165, 1.54) is 24.3 Å². The first-order valence-electron chi connectivity index (χ1n) is 11.7. The van der Waals surface area contributed by atoms with E-state index in [1.807, 2.05) is 36.1 Å². The van der Waals surface area contributed by atoms with Crippen LogP contribution in [0.5, 0.6) is 0 Å². The average Bonchev–Trinajstić information content (AvgIpc) is 3.18. The number of hydrogen-bond acceptors (Lipinski definition) is 3. The first-order chi connectivity index (χ1) is 16.9. The molecule has 2 heterocycles. The van der Waals surface area contributed by atoms with Crippen molar-refractivity contribution in [1.29, 1.82) is 0 Å². The molecule has 0 unspecified atom stereocenters. The van der Waals surface area contributed by atoms with Gasteiger partial charge in [0.1, 0.15) is 17.7 Å². The smallest absolute Gasteiger partial charge is 0.325 e. The summed E-state index contributed by atoms with van der Waals surface area (Å²) in [4.78, 5) is 20.0. The molecule has 0 aliphatic carbocycles. The highest BCUT2D eigenvalue weighted by Crippen LogP contribution is 2.35. The molecule has 1 atom stereocenters. The maximum absolute atomic E-state index is 13.6. The van der Waals surface area contributed by atoms with E-state index in [2.05, 4.69) is 9.88 Å². The maximum atomic E-state index is 13.6. The van der Waals surface area contributed by atoms with Crippen LogP contribution in [-0.4, -0.2) is 52.0 Å². The van der Waals surface area contributed by atoms with Crippen molar-refractivity contribution in [2.75, 3.05) is 26.2 Å². The molecular formula is C28H27F2N3O2. The highest BCUT2D eigenvalue weighted by molar-refractivity contribution is 5.90. The predicted octanol–water partition coefficient (Wildman–Crippen LogP) is 5.29. The Balaban J connectivity index is 1.42. The Morgan fingerprint density at radius 3 is 1.89 bits per heavy atom. The summed E-state index contributed by atoms with van der Waals surface area (Å²) in [5.41, 5.74) is 4.41. The quantitative estimate of drug-likeness (QED) is 0.398. The average molecular weight is 476 g/mol. The van der Waals surface area contributed by atoms with Gasteiger partial charge in [0.25, 0.3) is 0 Å². The molecule has 0 bridgehead atoms. The number of rotatable bonds is 6. The Morgan fingerprint density at radius 1 is 0.829 bits per heavy atom. The Kier molecular flexibility index (Phi) is 6.36. The normalized spacial score (nSPS) is 16.1. The van der Waals surface area contributed by atoms with Gasteiger partial charge in [-0.05, 0) is 48.4 Å². The number of nitrogens with one attached hydrogen (secondary N) is 1. The summed E-state index contributed by atoms with van der Waals surface area (Å²) in [5.74, 6) is -1.50. The number of hydrogen-bond donors (Lipinski definition) is 2. The molecule has 0 amide bonds. The molecule has 4 aromatic rings. The lowest BCUT2D eigenvalue weighted by atomic mass is 9.95. The van der Waals surface area contributed by atoms with Gasteiger partial charge in [0.05, 0.1) is 6.04 Å². The van der Waals surface area contributed by atoms with Gasteiger partial charge in [-0.25, -0.2) is 8.78 Å². The standard InChI is InChI=1S/C28H27F2N3O2/c1-18-25(23-4-2-3-5-24(23)31-18)27(28(34)35)33-16-14-32(15-17-33)26(19-6-10-21(29)11-7-19)20-8-12-22(30)13-9-20/h2-13,26-27,31H,14-17H2,1H3,(H,34,35)/t27-/m0/s1. The molecule has 7 heteroatoms. The van der Waals surface area contributed by atoms with Crippen LogP contribution < -0.4 is 0 Å². The Hall–Kier alpha value is -3.55. The van der Waals surface area contributed by atoms with Gasteiger partial charge in [-0.2, -0.15) is 0 Å². The number of benzene rings is 3. The van der Waals surface area contributed by atoms with Gasteiger partial charge in [0.15, 0.2) is 0 Å². The zero-order chi connectivity index (χ0) is 24.5. The second kappa shape index (κ2) is 9.60. The summed E-state index contributed by atoms with van der Waals surface area (Å²) in [5, 5.41) is 11.2. The number of piperazine rings is 1. The summed E-state index contributed by atoms with van der Waals surface area (Å²) in [6.07, 6.45) is 0. The van der Waals surface area contributed by atoms with E-state index in [4.69, 9.17) is 0 Å². The van der Waals surface area contributed by atoms with Crippen LogP contribution in [0.25, 0.3) is 10.9 Å². The Labute approximate surface area is 202 Å². The first kappa shape index (κ1) is 23.2. The highest BCUT2D eigenvalue weighted by atomic mass is 19.1. The number of aromatic amines is 1. The minimum Gasteiger partial charge on any atom is -0.480 e. The number of para-hydroxylation sites is 1. The first-order valence-corrected chi connectivity index (χ1v) is 11.7. The molecule has 3 aromatic carbocycles. The lowest BCUT2D eigenvalue weighted by Gasteiger charge is -2.41. The summed E-state index contributed by atoms with van der Waals surface area (Å²) in [6.45, 7) is 4.25. The molecule has 5 rings (SSSR count). The summed E-state index contributed by atoms with van der Waals surface area (Å²) >= 11 is 0. The van der Waals surface area contributed by atoms with Gasteiger partial charge in [-0.3, -0.25) is 14.6 Å². The van der Waals surface area contributed by atoms with Crippen LogP contribution in [-0.2, 0) is 4.79 Å². The molecule has 0 saturated carbocycles. The monoisotopic (exact) mass is 475 g/mol. The third kappa shape index (κ3) is 4.57. The number of carboxylic acids is 1. The van der Waals surface area contributed by atoms with Crippen LogP contribution in [0, 0.1) is 18.6 Å². The molecular weight excluding hydrogens is 448 g/mol. The minimum absolute atomic E-state index is 0.184. The molecule has 1 aliphatic rings. The van der Waals surface area contributed by atoms with Gasteiger partial charge in [-0.15, -0.1) is 0 Å². The Morgan fingerprint density at radius 2 is 1.34 bits per heavy atom. The summed E-state index contributed by atoms with van der Waals surface area (Å²) in [7, 11) is 0. The largest absolute Gasteiger partial charge is 0.480 e. The van der Waals surface area contributed by atoms with Crippen LogP contribution in [0.3, 0.4) is 0 Å². The number of H-pyrrole nitrogens is 1. The molecule has 1 fully saturated rings. The molecule has 180 valence electrons. The molecule has 0 radical (unpaired) electrons. The lowest BCUT2D eigenvalue weighted by molar-refractivity contribution is -0.144. The minimum atomic E-state index is -0.875. The van der Waals surface area contributed by atoms with Crippen molar-refractivity contribution in [2.45, 2.75) is 19.0 Å². The number of aryl methyl sites for hydroxylation is 1. The van der Waals surface area contributed by atoms with Gasteiger partial charge < -0.3 is 10.1 Å². The van der Waals surface area contributed by atoms with Crippen molar-refractivity contribution in [3.63, 3.8) is 0 Å². The molecule has 1 saturated heterocycles. The summed E-state index contributed by atoms with van der Waals surface area (Å²) < 4.78 is 27.2. The fraction of sp³-hybridized carbons (Fsp3) is 0.250. The van der Waals surface area contributed by atoms with Crippen molar-refractivity contribution in [2.24, 2.45) is 0 Å². The van der Waals surface area contributed by atoms with Crippen LogP contribution in [0.1, 0.15) is 34.5 Å². The number of aliphatic carboxylic acids is 1. The number of aromatic nitrogens is 1. The highest BCUT2D eigenvalue weighted by Gasteiger charge is 2.35. The van der Waals surface area contributed by atoms with Crippen LogP contribution in [0.2, 0.25) is 0 Å². The lowest BCUT2D eigenvalue weighted by Crippen LogP contribution is -2.50. The fourth-order valence-corrected chi connectivity index (χ4v) is 5.27. The van der Waals surface area contributed by atoms with Crippen molar-refractivity contribution in [3.8, 4) is 0 Å². The van der Waals surface area contributed by atoms with Crippen molar-refractivity contribution in [3.05, 3.63) is 107 Å². The predicted molar refractivity (Wildman–Crippen MR) is 131 cm³/mol. The molecule has 1 aliphatic heterocycles. The second-order valence-electron chi connectivity index (χ2n) is 9.03. The van der Waals surface area contributed by atoms with Gasteiger partial charge in [0.2, 0.25) is 0 Å². The van der Waals surface area contributed by atoms with Crippen LogP contribution in [0.15, 0.2) is 72.8 Å². The maximum Gasteiger partial charge on any atom is 0.325 e. The van der Waals surface area contributed by atoms with Crippen molar-refractivity contribution >= 4 is 16.9 Å². The van der Waals surface area contributed by atoms with Gasteiger partial charge >= 0.3 is 5.97 Å². The third-order valence-electron chi connectivity index (χ3n) is 6.90. The zero-order valence-corrected chi connectivity index (χ0v) is 19.4. The number of nitrogens with zero attached hydrogens (tertiary/aromatic N) is 2. The van der Waals surface area contributed by atoms with E-state index in [0.717, 1.165) is 33.3 Å². The number of halogens is 2. The molecule has 5 nitrogen and oxygen atoms in total. The van der Waals surface area contributed by atoms with Gasteiger partial charge in [0, 0.05) is 48.3 Å².